The Kier molecular flexibility index (Phi) is 4.60. The highest BCUT2D eigenvalue weighted by molar-refractivity contribution is 7.22. The zero-order valence-corrected chi connectivity index (χ0v) is 16.7. The molecule has 0 radical (unpaired) electrons. The van der Waals surface area contributed by atoms with Gasteiger partial charge in [0.25, 0.3) is 0 Å². The van der Waals surface area contributed by atoms with Crippen molar-refractivity contribution >= 4 is 32.6 Å². The van der Waals surface area contributed by atoms with Crippen LogP contribution in [0.3, 0.4) is 0 Å². The fourth-order valence-electron chi connectivity index (χ4n) is 3.69. The summed E-state index contributed by atoms with van der Waals surface area (Å²) in [4.78, 5) is 19.1. The number of aromatic nitrogens is 3. The number of likely N-dealkylation sites (tertiary alicyclic amines) is 1. The molecule has 1 aliphatic carbocycles. The Morgan fingerprint density at radius 1 is 1.18 bits per heavy atom. The van der Waals surface area contributed by atoms with E-state index in [4.69, 9.17) is 4.42 Å². The van der Waals surface area contributed by atoms with Gasteiger partial charge >= 0.3 is 0 Å². The molecule has 146 valence electrons. The Morgan fingerprint density at radius 3 is 2.61 bits per heavy atom. The molecular formula is C20H23N5O2S. The van der Waals surface area contributed by atoms with Crippen LogP contribution in [0, 0.1) is 6.92 Å². The van der Waals surface area contributed by atoms with Crippen LogP contribution in [0.25, 0.3) is 10.2 Å². The van der Waals surface area contributed by atoms with Gasteiger partial charge in [0, 0.05) is 11.8 Å². The maximum atomic E-state index is 12.4. The number of aryl methyl sites for hydroxylation is 1. The second-order valence-corrected chi connectivity index (χ2v) is 8.87. The second-order valence-electron chi connectivity index (χ2n) is 7.84. The van der Waals surface area contributed by atoms with Crippen LogP contribution in [-0.2, 0) is 4.79 Å². The Labute approximate surface area is 167 Å². The summed E-state index contributed by atoms with van der Waals surface area (Å²) in [6, 6.07) is 6.13. The van der Waals surface area contributed by atoms with Gasteiger partial charge in [-0.15, -0.1) is 10.2 Å². The first-order chi connectivity index (χ1) is 13.6. The smallest absolute Gasteiger partial charge is 0.240 e. The lowest BCUT2D eigenvalue weighted by molar-refractivity contribution is -0.117. The Bertz CT molecular complexity index is 1000. The molecule has 1 aromatic carbocycles. The minimum atomic E-state index is -0.0111. The van der Waals surface area contributed by atoms with Gasteiger partial charge in [-0.25, -0.2) is 4.98 Å². The highest BCUT2D eigenvalue weighted by atomic mass is 32.1. The third-order valence-electron chi connectivity index (χ3n) is 5.48. The zero-order valence-electron chi connectivity index (χ0n) is 15.9. The quantitative estimate of drug-likeness (QED) is 0.707. The summed E-state index contributed by atoms with van der Waals surface area (Å²) < 4.78 is 6.95. The molecule has 2 aliphatic rings. The van der Waals surface area contributed by atoms with E-state index in [1.807, 2.05) is 12.1 Å². The molecule has 0 atom stereocenters. The third-order valence-corrected chi connectivity index (χ3v) is 6.41. The van der Waals surface area contributed by atoms with Crippen LogP contribution < -0.4 is 5.32 Å². The molecule has 1 saturated heterocycles. The molecule has 1 amide bonds. The molecule has 2 aromatic heterocycles. The summed E-state index contributed by atoms with van der Waals surface area (Å²) in [6.07, 6.45) is 4.23. The average Bonchev–Trinajstić information content (AvgIpc) is 3.27. The van der Waals surface area contributed by atoms with Crippen molar-refractivity contribution in [2.75, 3.05) is 25.0 Å². The fourth-order valence-corrected chi connectivity index (χ4v) is 4.67. The molecule has 0 bridgehead atoms. The van der Waals surface area contributed by atoms with Gasteiger partial charge in [0.1, 0.15) is 0 Å². The van der Waals surface area contributed by atoms with Crippen molar-refractivity contribution in [3.63, 3.8) is 0 Å². The van der Waals surface area contributed by atoms with E-state index in [9.17, 15) is 4.79 Å². The van der Waals surface area contributed by atoms with Gasteiger partial charge in [0.2, 0.25) is 17.7 Å². The van der Waals surface area contributed by atoms with Crippen LogP contribution >= 0.6 is 11.3 Å². The monoisotopic (exact) mass is 397 g/mol. The van der Waals surface area contributed by atoms with Gasteiger partial charge in [-0.1, -0.05) is 17.4 Å². The normalized spacial score (nSPS) is 18.6. The Balaban J connectivity index is 1.13. The summed E-state index contributed by atoms with van der Waals surface area (Å²) in [5, 5.41) is 12.1. The van der Waals surface area contributed by atoms with E-state index in [1.165, 1.54) is 29.7 Å². The first-order valence-electron chi connectivity index (χ1n) is 9.87. The third kappa shape index (κ3) is 3.79. The summed E-state index contributed by atoms with van der Waals surface area (Å²) in [5.74, 6) is 2.38. The summed E-state index contributed by atoms with van der Waals surface area (Å²) in [6.45, 7) is 4.16. The standard InChI is InChI=1S/C20H23N5O2S/c1-12-2-5-15-16(10-12)28-20(21-15)22-17(26)11-25-8-6-14(7-9-25)19-24-23-18(27-19)13-3-4-13/h2,5,10,13-14H,3-4,6-9,11H2,1H3,(H,21,22,26). The predicted octanol–water partition coefficient (Wildman–Crippen LogP) is 3.68. The number of carbonyl (C=O) groups excluding carboxylic acids is 1. The van der Waals surface area contributed by atoms with Crippen LogP contribution in [-0.4, -0.2) is 45.6 Å². The van der Waals surface area contributed by atoms with Gasteiger partial charge in [-0.05, 0) is 63.4 Å². The summed E-state index contributed by atoms with van der Waals surface area (Å²) >= 11 is 1.52. The van der Waals surface area contributed by atoms with E-state index in [0.29, 0.717) is 23.5 Å². The maximum Gasteiger partial charge on any atom is 0.240 e. The summed E-state index contributed by atoms with van der Waals surface area (Å²) in [7, 11) is 0. The van der Waals surface area contributed by atoms with E-state index >= 15 is 0 Å². The van der Waals surface area contributed by atoms with E-state index in [-0.39, 0.29) is 5.91 Å². The number of nitrogens with one attached hydrogen (secondary N) is 1. The van der Waals surface area contributed by atoms with Crippen molar-refractivity contribution in [1.29, 1.82) is 0 Å². The van der Waals surface area contributed by atoms with Crippen molar-refractivity contribution in [2.45, 2.75) is 44.4 Å². The maximum absolute atomic E-state index is 12.4. The zero-order chi connectivity index (χ0) is 19.1. The van der Waals surface area contributed by atoms with Crippen molar-refractivity contribution in [3.8, 4) is 0 Å². The van der Waals surface area contributed by atoms with E-state index in [0.717, 1.165) is 47.9 Å². The summed E-state index contributed by atoms with van der Waals surface area (Å²) in [5.41, 5.74) is 2.12. The number of hydrogen-bond acceptors (Lipinski definition) is 7. The number of anilines is 1. The van der Waals surface area contributed by atoms with Gasteiger partial charge < -0.3 is 9.73 Å². The lowest BCUT2D eigenvalue weighted by atomic mass is 9.97. The molecule has 7 nitrogen and oxygen atoms in total. The van der Waals surface area contributed by atoms with Crippen molar-refractivity contribution < 1.29 is 9.21 Å². The number of piperidine rings is 1. The topological polar surface area (TPSA) is 84.2 Å². The number of fused-ring (bicyclic) bond motifs is 1. The van der Waals surface area contributed by atoms with Crippen molar-refractivity contribution in [1.82, 2.24) is 20.1 Å². The molecule has 1 N–H and O–H groups in total. The second kappa shape index (κ2) is 7.25. The molecule has 8 heteroatoms. The number of nitrogens with zero attached hydrogens (tertiary/aromatic N) is 4. The van der Waals surface area contributed by atoms with Crippen LogP contribution in [0.4, 0.5) is 5.13 Å². The van der Waals surface area contributed by atoms with Crippen LogP contribution in [0.1, 0.15) is 54.9 Å². The molecular weight excluding hydrogens is 374 g/mol. The van der Waals surface area contributed by atoms with Gasteiger partial charge in [-0.2, -0.15) is 0 Å². The first kappa shape index (κ1) is 17.8. The van der Waals surface area contributed by atoms with Crippen LogP contribution in [0.15, 0.2) is 22.6 Å². The Hall–Kier alpha value is -2.32. The molecule has 3 aromatic rings. The molecule has 1 saturated carbocycles. The highest BCUT2D eigenvalue weighted by Gasteiger charge is 2.32. The number of rotatable bonds is 5. The number of amides is 1. The number of carbonyl (C=O) groups is 1. The largest absolute Gasteiger partial charge is 0.425 e. The van der Waals surface area contributed by atoms with Crippen LogP contribution in [0.5, 0.6) is 0 Å². The predicted molar refractivity (Wildman–Crippen MR) is 108 cm³/mol. The van der Waals surface area contributed by atoms with E-state index < -0.39 is 0 Å². The lowest BCUT2D eigenvalue weighted by Gasteiger charge is -2.29. The highest BCUT2D eigenvalue weighted by Crippen LogP contribution is 2.40. The lowest BCUT2D eigenvalue weighted by Crippen LogP contribution is -2.38. The Morgan fingerprint density at radius 2 is 1.89 bits per heavy atom. The average molecular weight is 398 g/mol. The molecule has 0 spiro atoms. The number of thiazole rings is 1. The SMILES string of the molecule is Cc1ccc2nc(NC(=O)CN3CCC(c4nnc(C5CC5)o4)CC3)sc2c1. The fraction of sp³-hybridized carbons (Fsp3) is 0.500. The molecule has 28 heavy (non-hydrogen) atoms. The van der Waals surface area contributed by atoms with Crippen molar-refractivity contribution in [3.05, 3.63) is 35.5 Å². The van der Waals surface area contributed by atoms with Crippen molar-refractivity contribution in [2.24, 2.45) is 0 Å². The number of hydrogen-bond donors (Lipinski definition) is 1. The van der Waals surface area contributed by atoms with Gasteiger partial charge in [-0.3, -0.25) is 9.69 Å². The molecule has 3 heterocycles. The van der Waals surface area contributed by atoms with E-state index in [1.54, 1.807) is 0 Å². The van der Waals surface area contributed by atoms with Gasteiger partial charge in [0.05, 0.1) is 16.8 Å². The minimum Gasteiger partial charge on any atom is -0.425 e. The molecule has 1 aliphatic heterocycles. The minimum absolute atomic E-state index is 0.0111. The molecule has 0 unspecified atom stereocenters. The molecule has 2 fully saturated rings. The van der Waals surface area contributed by atoms with E-state index in [2.05, 4.69) is 38.4 Å². The van der Waals surface area contributed by atoms with Crippen LogP contribution in [0.2, 0.25) is 0 Å². The first-order valence-corrected chi connectivity index (χ1v) is 10.7. The molecule has 5 rings (SSSR count). The number of benzene rings is 1. The van der Waals surface area contributed by atoms with Gasteiger partial charge in [0.15, 0.2) is 5.13 Å².